The maximum Gasteiger partial charge on any atom is 0.269 e. The molecule has 5 heteroatoms. The minimum absolute atomic E-state index is 0.0464. The Bertz CT molecular complexity index is 446. The molecule has 0 aromatic heterocycles. The van der Waals surface area contributed by atoms with Gasteiger partial charge in [-0.25, -0.2) is 0 Å². The number of nitrogens with two attached hydrogens (primary N) is 1. The predicted molar refractivity (Wildman–Crippen MR) is 68.9 cm³/mol. The van der Waals surface area contributed by atoms with Gasteiger partial charge in [0.1, 0.15) is 0 Å². The molecule has 1 aromatic carbocycles. The molecule has 1 aromatic rings. The van der Waals surface area contributed by atoms with Crippen LogP contribution in [0.3, 0.4) is 0 Å². The second kappa shape index (κ2) is 5.16. The van der Waals surface area contributed by atoms with Gasteiger partial charge in [0.25, 0.3) is 5.69 Å². The molecule has 0 aliphatic rings. The lowest BCUT2D eigenvalue weighted by Gasteiger charge is -2.28. The molecule has 0 bridgehead atoms. The van der Waals surface area contributed by atoms with E-state index in [1.165, 1.54) is 12.1 Å². The van der Waals surface area contributed by atoms with Crippen molar-refractivity contribution in [3.05, 3.63) is 39.9 Å². The van der Waals surface area contributed by atoms with Crippen LogP contribution >= 0.6 is 0 Å². The lowest BCUT2D eigenvalue weighted by atomic mass is 9.77. The molecule has 0 saturated carbocycles. The lowest BCUT2D eigenvalue weighted by Crippen LogP contribution is -2.35. The molecular formula is C13H18N2O3. The summed E-state index contributed by atoms with van der Waals surface area (Å²) in [5.74, 6) is -0.639. The molecule has 2 N–H and O–H groups in total. The van der Waals surface area contributed by atoms with E-state index >= 15 is 0 Å². The average molecular weight is 250 g/mol. The van der Waals surface area contributed by atoms with Gasteiger partial charge in [0.05, 0.1) is 4.92 Å². The molecule has 1 amide bonds. The molecule has 5 nitrogen and oxygen atoms in total. The molecule has 0 aliphatic heterocycles. The van der Waals surface area contributed by atoms with Crippen molar-refractivity contribution in [2.45, 2.75) is 27.2 Å². The quantitative estimate of drug-likeness (QED) is 0.657. The van der Waals surface area contributed by atoms with Gasteiger partial charge in [-0.05, 0) is 17.4 Å². The third-order valence-electron chi connectivity index (χ3n) is 2.98. The number of rotatable bonds is 4. The lowest BCUT2D eigenvalue weighted by molar-refractivity contribution is -0.384. The van der Waals surface area contributed by atoms with Crippen LogP contribution in [-0.4, -0.2) is 10.8 Å². The third-order valence-corrected chi connectivity index (χ3v) is 2.98. The summed E-state index contributed by atoms with van der Waals surface area (Å²) in [4.78, 5) is 21.5. The Hall–Kier alpha value is -1.91. The molecule has 1 atom stereocenters. The van der Waals surface area contributed by atoms with Gasteiger partial charge in [0.15, 0.2) is 0 Å². The molecular weight excluding hydrogens is 232 g/mol. The number of hydrogen-bond acceptors (Lipinski definition) is 3. The third kappa shape index (κ3) is 3.55. The Labute approximate surface area is 106 Å². The zero-order valence-corrected chi connectivity index (χ0v) is 10.8. The number of primary amides is 1. The summed E-state index contributed by atoms with van der Waals surface area (Å²) in [6, 6.07) is 6.21. The molecule has 1 unspecified atom stereocenters. The van der Waals surface area contributed by atoms with Gasteiger partial charge in [-0.15, -0.1) is 0 Å². The first-order chi connectivity index (χ1) is 8.21. The second-order valence-electron chi connectivity index (χ2n) is 5.45. The first-order valence-corrected chi connectivity index (χ1v) is 5.74. The molecule has 0 spiro atoms. The number of benzene rings is 1. The summed E-state index contributed by atoms with van der Waals surface area (Å²) in [6.45, 7) is 5.86. The topological polar surface area (TPSA) is 86.2 Å². The van der Waals surface area contributed by atoms with Gasteiger partial charge < -0.3 is 5.73 Å². The summed E-state index contributed by atoms with van der Waals surface area (Å²) in [5.41, 5.74) is 6.09. The van der Waals surface area contributed by atoms with Gasteiger partial charge >= 0.3 is 0 Å². The van der Waals surface area contributed by atoms with E-state index in [2.05, 4.69) is 0 Å². The first-order valence-electron chi connectivity index (χ1n) is 5.74. The summed E-state index contributed by atoms with van der Waals surface area (Å²) >= 11 is 0. The van der Waals surface area contributed by atoms with Gasteiger partial charge in [0.2, 0.25) is 5.91 Å². The monoisotopic (exact) mass is 250 g/mol. The van der Waals surface area contributed by atoms with E-state index in [-0.39, 0.29) is 22.9 Å². The zero-order chi connectivity index (χ0) is 13.9. The second-order valence-corrected chi connectivity index (χ2v) is 5.45. The van der Waals surface area contributed by atoms with Crippen molar-refractivity contribution in [1.82, 2.24) is 0 Å². The van der Waals surface area contributed by atoms with Crippen molar-refractivity contribution in [3.8, 4) is 0 Å². The van der Waals surface area contributed by atoms with Crippen molar-refractivity contribution >= 4 is 11.6 Å². The van der Waals surface area contributed by atoms with Gasteiger partial charge in [0, 0.05) is 18.1 Å². The zero-order valence-electron chi connectivity index (χ0n) is 10.8. The summed E-state index contributed by atoms with van der Waals surface area (Å²) in [7, 11) is 0. The van der Waals surface area contributed by atoms with E-state index in [1.54, 1.807) is 12.1 Å². The first kappa shape index (κ1) is 14.2. The van der Waals surface area contributed by atoms with Crippen molar-refractivity contribution in [2.24, 2.45) is 17.1 Å². The number of non-ortho nitro benzene ring substituents is 1. The van der Waals surface area contributed by atoms with Crippen LogP contribution in [-0.2, 0) is 11.2 Å². The number of carbonyl (C=O) groups is 1. The highest BCUT2D eigenvalue weighted by Crippen LogP contribution is 2.29. The smallest absolute Gasteiger partial charge is 0.269 e. The predicted octanol–water partition coefficient (Wildman–Crippen LogP) is 2.28. The average Bonchev–Trinajstić information content (AvgIpc) is 2.24. The standard InChI is InChI=1S/C13H18N2O3/c1-13(2,3)11(12(14)16)8-9-4-6-10(7-5-9)15(17)18/h4-7,11H,8H2,1-3H3,(H2,14,16). The fraction of sp³-hybridized carbons (Fsp3) is 0.462. The van der Waals surface area contributed by atoms with Crippen molar-refractivity contribution in [2.75, 3.05) is 0 Å². The van der Waals surface area contributed by atoms with Crippen LogP contribution in [0.5, 0.6) is 0 Å². The van der Waals surface area contributed by atoms with E-state index in [0.29, 0.717) is 6.42 Å². The van der Waals surface area contributed by atoms with E-state index in [1.807, 2.05) is 20.8 Å². The number of nitro groups is 1. The molecule has 0 fully saturated rings. The molecule has 1 rings (SSSR count). The number of nitro benzene ring substituents is 1. The van der Waals surface area contributed by atoms with Crippen LogP contribution in [0.15, 0.2) is 24.3 Å². The number of nitrogens with zero attached hydrogens (tertiary/aromatic N) is 1. The molecule has 0 aliphatic carbocycles. The molecule has 0 radical (unpaired) electrons. The summed E-state index contributed by atoms with van der Waals surface area (Å²) < 4.78 is 0. The minimum atomic E-state index is -0.445. The maximum absolute atomic E-state index is 11.4. The van der Waals surface area contributed by atoms with E-state index in [4.69, 9.17) is 5.73 Å². The number of amides is 1. The molecule has 0 saturated heterocycles. The SMILES string of the molecule is CC(C)(C)C(Cc1ccc([N+](=O)[O-])cc1)C(N)=O. The van der Waals surface area contributed by atoms with Crippen LogP contribution in [0, 0.1) is 21.4 Å². The highest BCUT2D eigenvalue weighted by molar-refractivity contribution is 5.77. The minimum Gasteiger partial charge on any atom is -0.369 e. The molecule has 18 heavy (non-hydrogen) atoms. The van der Waals surface area contributed by atoms with Crippen LogP contribution in [0.1, 0.15) is 26.3 Å². The van der Waals surface area contributed by atoms with Crippen molar-refractivity contribution in [3.63, 3.8) is 0 Å². The highest BCUT2D eigenvalue weighted by Gasteiger charge is 2.29. The molecule has 0 heterocycles. The van der Waals surface area contributed by atoms with E-state index < -0.39 is 4.92 Å². The van der Waals surface area contributed by atoms with Gasteiger partial charge in [-0.2, -0.15) is 0 Å². The van der Waals surface area contributed by atoms with Crippen LogP contribution in [0.4, 0.5) is 5.69 Å². The van der Waals surface area contributed by atoms with E-state index in [0.717, 1.165) is 5.56 Å². The van der Waals surface area contributed by atoms with Crippen LogP contribution in [0.25, 0.3) is 0 Å². The Balaban J connectivity index is 2.89. The van der Waals surface area contributed by atoms with Crippen LogP contribution < -0.4 is 5.73 Å². The molecule has 98 valence electrons. The summed E-state index contributed by atoms with van der Waals surface area (Å²) in [5, 5.41) is 10.5. The number of carbonyl (C=O) groups excluding carboxylic acids is 1. The Morgan fingerprint density at radius 1 is 1.33 bits per heavy atom. The van der Waals surface area contributed by atoms with Crippen molar-refractivity contribution < 1.29 is 9.72 Å². The van der Waals surface area contributed by atoms with Gasteiger partial charge in [-0.3, -0.25) is 14.9 Å². The number of hydrogen-bond donors (Lipinski definition) is 1. The van der Waals surface area contributed by atoms with Gasteiger partial charge in [-0.1, -0.05) is 32.9 Å². The van der Waals surface area contributed by atoms with Crippen LogP contribution in [0.2, 0.25) is 0 Å². The maximum atomic E-state index is 11.4. The summed E-state index contributed by atoms with van der Waals surface area (Å²) in [6.07, 6.45) is 0.497. The van der Waals surface area contributed by atoms with E-state index in [9.17, 15) is 14.9 Å². The Morgan fingerprint density at radius 3 is 2.17 bits per heavy atom. The largest absolute Gasteiger partial charge is 0.369 e. The van der Waals surface area contributed by atoms with Crippen molar-refractivity contribution in [1.29, 1.82) is 0 Å². The fourth-order valence-corrected chi connectivity index (χ4v) is 1.82. The Morgan fingerprint density at radius 2 is 1.83 bits per heavy atom. The highest BCUT2D eigenvalue weighted by atomic mass is 16.6. The normalized spacial score (nSPS) is 13.1. The Kier molecular flexibility index (Phi) is 4.06. The fourth-order valence-electron chi connectivity index (χ4n) is 1.82.